The standard InChI is InChI=1S/C16H25NO/c1-5-7-13(3)14(4)17-11-16(18)15-9-6-8-12(2)10-15/h5-6,8-10,13-14,16-18H,1,7,11H2,2-4H3. The molecule has 1 aromatic rings. The Morgan fingerprint density at radius 1 is 1.39 bits per heavy atom. The molecule has 0 aliphatic carbocycles. The van der Waals surface area contributed by atoms with Crippen molar-refractivity contribution in [3.8, 4) is 0 Å². The highest BCUT2D eigenvalue weighted by Crippen LogP contribution is 2.15. The van der Waals surface area contributed by atoms with Crippen LogP contribution in [0, 0.1) is 12.8 Å². The van der Waals surface area contributed by atoms with Crippen LogP contribution in [0.15, 0.2) is 36.9 Å². The lowest BCUT2D eigenvalue weighted by Gasteiger charge is -2.22. The summed E-state index contributed by atoms with van der Waals surface area (Å²) in [7, 11) is 0. The average molecular weight is 247 g/mol. The molecule has 0 radical (unpaired) electrons. The quantitative estimate of drug-likeness (QED) is 0.725. The van der Waals surface area contributed by atoms with E-state index in [-0.39, 0.29) is 0 Å². The van der Waals surface area contributed by atoms with Crippen molar-refractivity contribution >= 4 is 0 Å². The zero-order valence-corrected chi connectivity index (χ0v) is 11.7. The number of aryl methyl sites for hydroxylation is 1. The first kappa shape index (κ1) is 14.9. The molecule has 0 heterocycles. The largest absolute Gasteiger partial charge is 0.387 e. The summed E-state index contributed by atoms with van der Waals surface area (Å²) in [6.45, 7) is 10.7. The van der Waals surface area contributed by atoms with Crippen molar-refractivity contribution in [3.05, 3.63) is 48.0 Å². The van der Waals surface area contributed by atoms with E-state index in [0.29, 0.717) is 18.5 Å². The van der Waals surface area contributed by atoms with E-state index in [4.69, 9.17) is 0 Å². The van der Waals surface area contributed by atoms with Crippen LogP contribution in [0.1, 0.15) is 37.5 Å². The Hall–Kier alpha value is -1.12. The summed E-state index contributed by atoms with van der Waals surface area (Å²) in [6.07, 6.45) is 2.50. The number of hydrogen-bond acceptors (Lipinski definition) is 2. The van der Waals surface area contributed by atoms with Crippen LogP contribution in [0.4, 0.5) is 0 Å². The molecule has 0 aliphatic rings. The molecule has 0 spiro atoms. The number of rotatable bonds is 7. The van der Waals surface area contributed by atoms with Gasteiger partial charge in [-0.15, -0.1) is 6.58 Å². The minimum atomic E-state index is -0.441. The van der Waals surface area contributed by atoms with Gasteiger partial charge in [-0.1, -0.05) is 42.8 Å². The number of hydrogen-bond donors (Lipinski definition) is 2. The fraction of sp³-hybridized carbons (Fsp3) is 0.500. The van der Waals surface area contributed by atoms with Crippen molar-refractivity contribution in [1.82, 2.24) is 5.32 Å². The zero-order chi connectivity index (χ0) is 13.5. The molecule has 3 unspecified atom stereocenters. The van der Waals surface area contributed by atoms with Crippen molar-refractivity contribution in [3.63, 3.8) is 0 Å². The minimum absolute atomic E-state index is 0.377. The van der Waals surface area contributed by atoms with Crippen LogP contribution in [0.25, 0.3) is 0 Å². The van der Waals surface area contributed by atoms with Crippen molar-refractivity contribution in [2.75, 3.05) is 6.54 Å². The molecular weight excluding hydrogens is 222 g/mol. The van der Waals surface area contributed by atoms with Gasteiger partial charge in [-0.25, -0.2) is 0 Å². The third-order valence-electron chi connectivity index (χ3n) is 3.45. The van der Waals surface area contributed by atoms with Gasteiger partial charge in [0, 0.05) is 12.6 Å². The molecule has 0 fully saturated rings. The molecule has 0 saturated carbocycles. The first-order valence-corrected chi connectivity index (χ1v) is 6.63. The Labute approximate surface area is 111 Å². The van der Waals surface area contributed by atoms with Crippen molar-refractivity contribution < 1.29 is 5.11 Å². The predicted molar refractivity (Wildman–Crippen MR) is 77.6 cm³/mol. The molecule has 3 atom stereocenters. The molecule has 2 heteroatoms. The molecule has 1 rings (SSSR count). The van der Waals surface area contributed by atoms with Crippen LogP contribution in [0.2, 0.25) is 0 Å². The van der Waals surface area contributed by atoms with Gasteiger partial charge in [-0.3, -0.25) is 0 Å². The van der Waals surface area contributed by atoms with Crippen LogP contribution in [-0.4, -0.2) is 17.7 Å². The summed E-state index contributed by atoms with van der Waals surface area (Å²) in [5.74, 6) is 0.534. The number of benzene rings is 1. The third-order valence-corrected chi connectivity index (χ3v) is 3.45. The van der Waals surface area contributed by atoms with Crippen LogP contribution in [0.5, 0.6) is 0 Å². The second-order valence-electron chi connectivity index (χ2n) is 5.13. The van der Waals surface area contributed by atoms with Crippen LogP contribution >= 0.6 is 0 Å². The molecule has 0 amide bonds. The molecular formula is C16H25NO. The van der Waals surface area contributed by atoms with Gasteiger partial charge >= 0.3 is 0 Å². The van der Waals surface area contributed by atoms with E-state index in [2.05, 4.69) is 25.7 Å². The zero-order valence-electron chi connectivity index (χ0n) is 11.7. The summed E-state index contributed by atoms with van der Waals surface area (Å²) in [4.78, 5) is 0. The topological polar surface area (TPSA) is 32.3 Å². The van der Waals surface area contributed by atoms with Gasteiger partial charge < -0.3 is 10.4 Å². The maximum atomic E-state index is 10.1. The van der Waals surface area contributed by atoms with Gasteiger partial charge in [0.15, 0.2) is 0 Å². The minimum Gasteiger partial charge on any atom is -0.387 e. The van der Waals surface area contributed by atoms with Crippen LogP contribution < -0.4 is 5.32 Å². The number of nitrogens with one attached hydrogen (secondary N) is 1. The van der Waals surface area contributed by atoms with Crippen molar-refractivity contribution in [2.45, 2.75) is 39.3 Å². The molecule has 1 aromatic carbocycles. The van der Waals surface area contributed by atoms with Crippen molar-refractivity contribution in [1.29, 1.82) is 0 Å². The number of aliphatic hydroxyl groups is 1. The third kappa shape index (κ3) is 4.63. The van der Waals surface area contributed by atoms with Gasteiger partial charge in [-0.05, 0) is 31.7 Å². The normalized spacial score (nSPS) is 16.0. The Kier molecular flexibility index (Phi) is 6.10. The lowest BCUT2D eigenvalue weighted by atomic mass is 9.99. The Balaban J connectivity index is 2.45. The molecule has 2 N–H and O–H groups in total. The monoisotopic (exact) mass is 247 g/mol. The van der Waals surface area contributed by atoms with Gasteiger partial charge in [0.05, 0.1) is 6.10 Å². The lowest BCUT2D eigenvalue weighted by Crippen LogP contribution is -2.35. The summed E-state index contributed by atoms with van der Waals surface area (Å²) < 4.78 is 0. The molecule has 0 bridgehead atoms. The van der Waals surface area contributed by atoms with Crippen molar-refractivity contribution in [2.24, 2.45) is 5.92 Å². The van der Waals surface area contributed by atoms with Crippen LogP contribution in [-0.2, 0) is 0 Å². The van der Waals surface area contributed by atoms with Gasteiger partial charge in [0.25, 0.3) is 0 Å². The molecule has 0 aliphatic heterocycles. The summed E-state index contributed by atoms with van der Waals surface area (Å²) in [6, 6.07) is 8.40. The maximum absolute atomic E-state index is 10.1. The maximum Gasteiger partial charge on any atom is 0.0914 e. The highest BCUT2D eigenvalue weighted by Gasteiger charge is 2.13. The van der Waals surface area contributed by atoms with E-state index in [0.717, 1.165) is 12.0 Å². The first-order valence-electron chi connectivity index (χ1n) is 6.63. The molecule has 0 aromatic heterocycles. The molecule has 0 saturated heterocycles. The average Bonchev–Trinajstić information content (AvgIpc) is 2.35. The second kappa shape index (κ2) is 7.34. The van der Waals surface area contributed by atoms with E-state index < -0.39 is 6.10 Å². The number of aliphatic hydroxyl groups excluding tert-OH is 1. The lowest BCUT2D eigenvalue weighted by molar-refractivity contribution is 0.166. The summed E-state index contributed by atoms with van der Waals surface area (Å²) in [5, 5.41) is 13.5. The van der Waals surface area contributed by atoms with E-state index >= 15 is 0 Å². The van der Waals surface area contributed by atoms with Gasteiger partial charge in [-0.2, -0.15) is 0 Å². The fourth-order valence-corrected chi connectivity index (χ4v) is 1.96. The Morgan fingerprint density at radius 2 is 2.11 bits per heavy atom. The van der Waals surface area contributed by atoms with Gasteiger partial charge in [0.1, 0.15) is 0 Å². The Bertz CT molecular complexity index is 375. The number of allylic oxidation sites excluding steroid dienone is 1. The summed E-state index contributed by atoms with van der Waals surface area (Å²) in [5.41, 5.74) is 2.16. The van der Waals surface area contributed by atoms with Gasteiger partial charge in [0.2, 0.25) is 0 Å². The molecule has 18 heavy (non-hydrogen) atoms. The van der Waals surface area contributed by atoms with E-state index in [1.54, 1.807) is 0 Å². The smallest absolute Gasteiger partial charge is 0.0914 e. The SMILES string of the molecule is C=CCC(C)C(C)NCC(O)c1cccc(C)c1. The van der Waals surface area contributed by atoms with E-state index in [1.807, 2.05) is 37.3 Å². The molecule has 100 valence electrons. The Morgan fingerprint density at radius 3 is 2.72 bits per heavy atom. The second-order valence-corrected chi connectivity index (χ2v) is 5.13. The highest BCUT2D eigenvalue weighted by atomic mass is 16.3. The first-order chi connectivity index (χ1) is 8.54. The van der Waals surface area contributed by atoms with Crippen LogP contribution in [0.3, 0.4) is 0 Å². The predicted octanol–water partition coefficient (Wildman–Crippen LogP) is 3.22. The van der Waals surface area contributed by atoms with E-state index in [9.17, 15) is 5.11 Å². The van der Waals surface area contributed by atoms with E-state index in [1.165, 1.54) is 5.56 Å². The molecule has 2 nitrogen and oxygen atoms in total. The summed E-state index contributed by atoms with van der Waals surface area (Å²) >= 11 is 0. The highest BCUT2D eigenvalue weighted by molar-refractivity contribution is 5.24. The fourth-order valence-electron chi connectivity index (χ4n) is 1.96.